The van der Waals surface area contributed by atoms with Gasteiger partial charge in [-0.1, -0.05) is 53.2 Å². The molecule has 2 aromatic carbocycles. The van der Waals surface area contributed by atoms with E-state index in [2.05, 4.69) is 72.7 Å². The fourth-order valence-electron chi connectivity index (χ4n) is 5.33. The molecule has 0 N–H and O–H groups in total. The fourth-order valence-corrected chi connectivity index (χ4v) is 5.33. The smallest absolute Gasteiger partial charge is 0.126 e. The van der Waals surface area contributed by atoms with Crippen molar-refractivity contribution >= 4 is 6.08 Å². The number of benzene rings is 2. The molecule has 2 aliphatic rings. The van der Waals surface area contributed by atoms with Gasteiger partial charge in [-0.15, -0.1) is 0 Å². The van der Waals surface area contributed by atoms with Crippen LogP contribution in [0.1, 0.15) is 94.7 Å². The summed E-state index contributed by atoms with van der Waals surface area (Å²) in [6.45, 7) is 16.1. The normalized spacial score (nSPS) is 16.2. The molecule has 0 amide bonds. The highest BCUT2D eigenvalue weighted by molar-refractivity contribution is 5.79. The van der Waals surface area contributed by atoms with Crippen molar-refractivity contribution in [2.75, 3.05) is 7.11 Å². The van der Waals surface area contributed by atoms with E-state index in [0.717, 1.165) is 12.2 Å². The summed E-state index contributed by atoms with van der Waals surface area (Å²) in [5, 5.41) is 0. The molecular formula is C29H38O. The van der Waals surface area contributed by atoms with Crippen molar-refractivity contribution in [2.24, 2.45) is 0 Å². The molecular weight excluding hydrogens is 364 g/mol. The van der Waals surface area contributed by atoms with Gasteiger partial charge in [-0.25, -0.2) is 0 Å². The van der Waals surface area contributed by atoms with E-state index in [0.29, 0.717) is 0 Å². The van der Waals surface area contributed by atoms with Crippen LogP contribution in [-0.4, -0.2) is 7.11 Å². The van der Waals surface area contributed by atoms with Crippen LogP contribution in [0.5, 0.6) is 5.75 Å². The first-order valence-electron chi connectivity index (χ1n) is 11.6. The fraction of sp³-hybridized carbons (Fsp3) is 0.517. The SMILES string of the molecule is COc1c(C(C)(C)C)cc(-c2cc3c(c4c2CCCC4)C=C(C)C3)cc1C(C)(C)C. The topological polar surface area (TPSA) is 9.23 Å². The van der Waals surface area contributed by atoms with Crippen LogP contribution >= 0.6 is 0 Å². The van der Waals surface area contributed by atoms with Crippen LogP contribution in [0.4, 0.5) is 0 Å². The Balaban J connectivity index is 2.02. The van der Waals surface area contributed by atoms with Crippen molar-refractivity contribution in [1.29, 1.82) is 0 Å². The summed E-state index contributed by atoms with van der Waals surface area (Å²) in [7, 11) is 1.82. The van der Waals surface area contributed by atoms with Gasteiger partial charge in [0.25, 0.3) is 0 Å². The Kier molecular flexibility index (Phi) is 5.16. The molecule has 0 aliphatic heterocycles. The summed E-state index contributed by atoms with van der Waals surface area (Å²) in [6, 6.07) is 7.34. The van der Waals surface area contributed by atoms with E-state index < -0.39 is 0 Å². The maximum Gasteiger partial charge on any atom is 0.126 e. The van der Waals surface area contributed by atoms with E-state index in [1.165, 1.54) is 64.6 Å². The number of rotatable bonds is 2. The minimum atomic E-state index is 0.0241. The average Bonchev–Trinajstić information content (AvgIpc) is 3.05. The molecule has 0 bridgehead atoms. The standard InChI is InChI=1S/C29H38O/c1-18-13-19-15-24(22-12-10-9-11-21(22)23(19)14-18)20-16-25(28(2,3)4)27(30-8)26(17-20)29(5,6)7/h14-17H,9-13H2,1-8H3. The number of ether oxygens (including phenoxy) is 1. The third-order valence-electron chi connectivity index (χ3n) is 6.86. The van der Waals surface area contributed by atoms with Crippen LogP contribution in [0.15, 0.2) is 23.8 Å². The number of hydrogen-bond acceptors (Lipinski definition) is 1. The van der Waals surface area contributed by atoms with Gasteiger partial charge in [-0.3, -0.25) is 0 Å². The zero-order valence-corrected chi connectivity index (χ0v) is 20.3. The maximum absolute atomic E-state index is 6.01. The Hall–Kier alpha value is -2.02. The highest BCUT2D eigenvalue weighted by atomic mass is 16.5. The summed E-state index contributed by atoms with van der Waals surface area (Å²) < 4.78 is 6.01. The lowest BCUT2D eigenvalue weighted by molar-refractivity contribution is 0.381. The Morgan fingerprint density at radius 2 is 1.37 bits per heavy atom. The number of allylic oxidation sites excluding steroid dienone is 1. The largest absolute Gasteiger partial charge is 0.496 e. The molecule has 160 valence electrons. The van der Waals surface area contributed by atoms with Crippen molar-refractivity contribution in [1.82, 2.24) is 0 Å². The van der Waals surface area contributed by atoms with Gasteiger partial charge in [0.1, 0.15) is 5.75 Å². The molecule has 4 rings (SSSR count). The molecule has 0 aromatic heterocycles. The predicted molar refractivity (Wildman–Crippen MR) is 130 cm³/mol. The summed E-state index contributed by atoms with van der Waals surface area (Å²) in [6.07, 6.45) is 8.59. The lowest BCUT2D eigenvalue weighted by atomic mass is 9.76. The first kappa shape index (κ1) is 21.2. The van der Waals surface area contributed by atoms with Gasteiger partial charge in [-0.05, 0) is 101 Å². The molecule has 2 aliphatic carbocycles. The molecule has 0 saturated heterocycles. The van der Waals surface area contributed by atoms with E-state index in [4.69, 9.17) is 4.74 Å². The van der Waals surface area contributed by atoms with E-state index in [9.17, 15) is 0 Å². The molecule has 0 saturated carbocycles. The Morgan fingerprint density at radius 3 is 1.90 bits per heavy atom. The summed E-state index contributed by atoms with van der Waals surface area (Å²) >= 11 is 0. The average molecular weight is 403 g/mol. The second-order valence-corrected chi connectivity index (χ2v) is 11.4. The second kappa shape index (κ2) is 7.29. The maximum atomic E-state index is 6.01. The van der Waals surface area contributed by atoms with Crippen LogP contribution in [0, 0.1) is 0 Å². The Labute approximate surface area is 183 Å². The number of methoxy groups -OCH3 is 1. The molecule has 0 atom stereocenters. The Bertz CT molecular complexity index is 987. The predicted octanol–water partition coefficient (Wildman–Crippen LogP) is 7.80. The number of fused-ring (bicyclic) bond motifs is 3. The van der Waals surface area contributed by atoms with Crippen LogP contribution in [0.25, 0.3) is 17.2 Å². The molecule has 30 heavy (non-hydrogen) atoms. The zero-order chi connectivity index (χ0) is 21.8. The van der Waals surface area contributed by atoms with Crippen molar-refractivity contribution in [2.45, 2.75) is 91.4 Å². The van der Waals surface area contributed by atoms with Gasteiger partial charge in [0.15, 0.2) is 0 Å². The first-order chi connectivity index (χ1) is 14.0. The van der Waals surface area contributed by atoms with Crippen molar-refractivity contribution in [3.05, 3.63) is 57.2 Å². The van der Waals surface area contributed by atoms with Gasteiger partial charge >= 0.3 is 0 Å². The summed E-state index contributed by atoms with van der Waals surface area (Å²) in [5.41, 5.74) is 13.3. The van der Waals surface area contributed by atoms with Gasteiger partial charge in [-0.2, -0.15) is 0 Å². The molecule has 0 unspecified atom stereocenters. The van der Waals surface area contributed by atoms with E-state index >= 15 is 0 Å². The summed E-state index contributed by atoms with van der Waals surface area (Å²) in [4.78, 5) is 0. The number of hydrogen-bond donors (Lipinski definition) is 0. The van der Waals surface area contributed by atoms with Crippen molar-refractivity contribution in [3.63, 3.8) is 0 Å². The Morgan fingerprint density at radius 1 is 0.800 bits per heavy atom. The molecule has 2 aromatic rings. The highest BCUT2D eigenvalue weighted by Crippen LogP contribution is 2.45. The third kappa shape index (κ3) is 3.61. The van der Waals surface area contributed by atoms with Crippen LogP contribution in [0.2, 0.25) is 0 Å². The minimum absolute atomic E-state index is 0.0241. The molecule has 1 nitrogen and oxygen atoms in total. The first-order valence-corrected chi connectivity index (χ1v) is 11.6. The molecule has 0 radical (unpaired) electrons. The molecule has 0 heterocycles. The zero-order valence-electron chi connectivity index (χ0n) is 20.3. The van der Waals surface area contributed by atoms with Crippen LogP contribution in [0.3, 0.4) is 0 Å². The van der Waals surface area contributed by atoms with Crippen molar-refractivity contribution in [3.8, 4) is 16.9 Å². The summed E-state index contributed by atoms with van der Waals surface area (Å²) in [5.74, 6) is 1.06. The molecule has 0 fully saturated rings. The van der Waals surface area contributed by atoms with Gasteiger partial charge in [0.2, 0.25) is 0 Å². The van der Waals surface area contributed by atoms with E-state index in [-0.39, 0.29) is 10.8 Å². The van der Waals surface area contributed by atoms with Crippen LogP contribution in [-0.2, 0) is 30.1 Å². The van der Waals surface area contributed by atoms with Gasteiger partial charge in [0, 0.05) is 11.1 Å². The van der Waals surface area contributed by atoms with Gasteiger partial charge in [0.05, 0.1) is 7.11 Å². The van der Waals surface area contributed by atoms with Crippen LogP contribution < -0.4 is 4.74 Å². The molecule has 0 spiro atoms. The monoisotopic (exact) mass is 402 g/mol. The van der Waals surface area contributed by atoms with E-state index in [1.807, 2.05) is 7.11 Å². The van der Waals surface area contributed by atoms with Crippen molar-refractivity contribution < 1.29 is 4.74 Å². The quantitative estimate of drug-likeness (QED) is 0.498. The lowest BCUT2D eigenvalue weighted by Gasteiger charge is -2.31. The highest BCUT2D eigenvalue weighted by Gasteiger charge is 2.29. The van der Waals surface area contributed by atoms with Gasteiger partial charge < -0.3 is 4.74 Å². The minimum Gasteiger partial charge on any atom is -0.496 e. The van der Waals surface area contributed by atoms with E-state index in [1.54, 1.807) is 11.1 Å². The third-order valence-corrected chi connectivity index (χ3v) is 6.86. The lowest BCUT2D eigenvalue weighted by Crippen LogP contribution is -2.19. The molecule has 1 heteroatoms. The second-order valence-electron chi connectivity index (χ2n) is 11.4.